The molecule has 120 valence electrons. The van der Waals surface area contributed by atoms with Crippen LogP contribution in [0.2, 0.25) is 5.02 Å². The van der Waals surface area contributed by atoms with Gasteiger partial charge in [0.25, 0.3) is 0 Å². The van der Waals surface area contributed by atoms with Gasteiger partial charge in [-0.2, -0.15) is 0 Å². The summed E-state index contributed by atoms with van der Waals surface area (Å²) in [7, 11) is 4.05. The fraction of sp³-hybridized carbons (Fsp3) is 0.688. The highest BCUT2D eigenvalue weighted by atomic mass is 35.5. The van der Waals surface area contributed by atoms with E-state index < -0.39 is 0 Å². The molecule has 0 spiro atoms. The first kappa shape index (κ1) is 18.2. The molecule has 1 rings (SSSR count). The topological polar surface area (TPSA) is 37.4 Å². The molecular formula is C16H28ClN3O. The van der Waals surface area contributed by atoms with Crippen molar-refractivity contribution in [2.75, 3.05) is 20.7 Å². The van der Waals surface area contributed by atoms with Crippen LogP contribution >= 0.6 is 11.6 Å². The lowest BCUT2D eigenvalue weighted by molar-refractivity contribution is 0.111. The van der Waals surface area contributed by atoms with Gasteiger partial charge in [-0.3, -0.25) is 0 Å². The molecule has 0 aliphatic heterocycles. The van der Waals surface area contributed by atoms with Crippen molar-refractivity contribution in [3.63, 3.8) is 0 Å². The summed E-state index contributed by atoms with van der Waals surface area (Å²) in [5.41, 5.74) is 1.05. The van der Waals surface area contributed by atoms with Crippen LogP contribution in [0.3, 0.4) is 0 Å². The number of nitrogens with zero attached hydrogens (tertiary/aromatic N) is 2. The first-order valence-electron chi connectivity index (χ1n) is 7.21. The number of likely N-dealkylation sites (N-methyl/N-ethyl adjacent to an activating group) is 1. The molecule has 1 N–H and O–H groups in total. The monoisotopic (exact) mass is 313 g/mol. The molecule has 5 heteroatoms. The van der Waals surface area contributed by atoms with Crippen LogP contribution in [0.15, 0.2) is 12.3 Å². The van der Waals surface area contributed by atoms with Gasteiger partial charge in [0.2, 0.25) is 5.88 Å². The third-order valence-corrected chi connectivity index (χ3v) is 3.73. The molecule has 4 nitrogen and oxygen atoms in total. The maximum absolute atomic E-state index is 6.26. The normalized spacial score (nSPS) is 12.8. The van der Waals surface area contributed by atoms with Crippen molar-refractivity contribution in [1.82, 2.24) is 15.2 Å². The van der Waals surface area contributed by atoms with Crippen LogP contribution in [-0.4, -0.2) is 41.7 Å². The van der Waals surface area contributed by atoms with Gasteiger partial charge in [-0.05, 0) is 60.3 Å². The number of halogens is 1. The van der Waals surface area contributed by atoms with Gasteiger partial charge >= 0.3 is 0 Å². The molecule has 0 saturated heterocycles. The van der Waals surface area contributed by atoms with Crippen LogP contribution in [0.25, 0.3) is 0 Å². The van der Waals surface area contributed by atoms with Crippen molar-refractivity contribution >= 4 is 11.6 Å². The first-order chi connectivity index (χ1) is 9.51. The molecule has 0 bridgehead atoms. The average Bonchev–Trinajstić information content (AvgIpc) is 2.34. The van der Waals surface area contributed by atoms with Crippen LogP contribution in [0.4, 0.5) is 0 Å². The minimum atomic E-state index is -0.0720. The lowest BCUT2D eigenvalue weighted by atomic mass is 10.1. The fourth-order valence-electron chi connectivity index (χ4n) is 1.41. The van der Waals surface area contributed by atoms with Gasteiger partial charge in [-0.1, -0.05) is 11.6 Å². The highest BCUT2D eigenvalue weighted by molar-refractivity contribution is 6.31. The molecule has 0 atom stereocenters. The molecular weight excluding hydrogens is 286 g/mol. The summed E-state index contributed by atoms with van der Waals surface area (Å²) >= 11 is 6.26. The Labute approximate surface area is 133 Å². The molecule has 0 unspecified atom stereocenters. The average molecular weight is 314 g/mol. The van der Waals surface area contributed by atoms with E-state index in [-0.39, 0.29) is 11.1 Å². The van der Waals surface area contributed by atoms with Crippen LogP contribution < -0.4 is 10.1 Å². The minimum absolute atomic E-state index is 0.0668. The van der Waals surface area contributed by atoms with E-state index in [9.17, 15) is 0 Å². The predicted molar refractivity (Wildman–Crippen MR) is 89.1 cm³/mol. The maximum atomic E-state index is 6.26. The van der Waals surface area contributed by atoms with E-state index in [1.807, 2.05) is 26.4 Å². The number of rotatable bonds is 6. The summed E-state index contributed by atoms with van der Waals surface area (Å²) in [6.45, 7) is 11.9. The largest absolute Gasteiger partial charge is 0.475 e. The fourth-order valence-corrected chi connectivity index (χ4v) is 1.65. The van der Waals surface area contributed by atoms with E-state index >= 15 is 0 Å². The van der Waals surface area contributed by atoms with E-state index in [0.29, 0.717) is 17.5 Å². The number of aromatic nitrogens is 1. The Bertz CT molecular complexity index is 467. The van der Waals surface area contributed by atoms with Crippen LogP contribution in [0.5, 0.6) is 5.88 Å². The lowest BCUT2D eigenvalue weighted by Crippen LogP contribution is -2.43. The van der Waals surface area contributed by atoms with E-state index in [4.69, 9.17) is 16.3 Å². The number of hydrogen-bond donors (Lipinski definition) is 1. The molecule has 1 aromatic heterocycles. The first-order valence-corrected chi connectivity index (χ1v) is 7.59. The Balaban J connectivity index is 2.66. The Morgan fingerprint density at radius 1 is 1.24 bits per heavy atom. The van der Waals surface area contributed by atoms with E-state index in [1.165, 1.54) is 0 Å². The molecule has 0 fully saturated rings. The zero-order valence-electron chi connectivity index (χ0n) is 14.2. The summed E-state index contributed by atoms with van der Waals surface area (Å²) in [5.74, 6) is 0.492. The van der Waals surface area contributed by atoms with Crippen molar-refractivity contribution in [1.29, 1.82) is 0 Å². The van der Waals surface area contributed by atoms with Crippen LogP contribution in [-0.2, 0) is 6.54 Å². The Hall–Kier alpha value is -0.840. The molecule has 21 heavy (non-hydrogen) atoms. The number of nitrogens with one attached hydrogen (secondary N) is 1. The Morgan fingerprint density at radius 2 is 1.86 bits per heavy atom. The second-order valence-corrected chi connectivity index (χ2v) is 7.64. The number of ether oxygens (including phenoxy) is 1. The second-order valence-electron chi connectivity index (χ2n) is 7.23. The highest BCUT2D eigenvalue weighted by Crippen LogP contribution is 2.24. The zero-order valence-corrected chi connectivity index (χ0v) is 15.0. The molecule has 0 aromatic carbocycles. The quantitative estimate of drug-likeness (QED) is 0.874. The Morgan fingerprint density at radius 3 is 2.33 bits per heavy atom. The standard InChI is InChI=1S/C16H28ClN3O/c1-15(2,3)19-10-12-8-13(17)14(18-9-12)21-11-16(4,5)20(6)7/h8-9,19H,10-11H2,1-7H3. The van der Waals surface area contributed by atoms with Crippen LogP contribution in [0.1, 0.15) is 40.2 Å². The summed E-state index contributed by atoms with van der Waals surface area (Å²) in [4.78, 5) is 6.44. The molecule has 0 aliphatic carbocycles. The SMILES string of the molecule is CN(C)C(C)(C)COc1ncc(CNC(C)(C)C)cc1Cl. The van der Waals surface area contributed by atoms with Gasteiger partial charge in [0.05, 0.1) is 0 Å². The molecule has 0 amide bonds. The predicted octanol–water partition coefficient (Wildman–Crippen LogP) is 3.34. The van der Waals surface area contributed by atoms with E-state index in [1.54, 1.807) is 0 Å². The van der Waals surface area contributed by atoms with Gasteiger partial charge < -0.3 is 15.0 Å². The van der Waals surface area contributed by atoms with Gasteiger partial charge in [0.15, 0.2) is 0 Å². The summed E-state index contributed by atoms with van der Waals surface area (Å²) in [5, 5.41) is 3.96. The molecule has 0 saturated carbocycles. The molecule has 1 heterocycles. The van der Waals surface area contributed by atoms with Crippen molar-refractivity contribution in [3.05, 3.63) is 22.8 Å². The van der Waals surface area contributed by atoms with Gasteiger partial charge in [0.1, 0.15) is 11.6 Å². The van der Waals surface area contributed by atoms with Gasteiger partial charge in [-0.25, -0.2) is 4.98 Å². The van der Waals surface area contributed by atoms with Crippen molar-refractivity contribution in [2.45, 2.75) is 52.2 Å². The molecule has 0 radical (unpaired) electrons. The number of hydrogen-bond acceptors (Lipinski definition) is 4. The third-order valence-electron chi connectivity index (χ3n) is 3.46. The maximum Gasteiger partial charge on any atom is 0.232 e. The summed E-state index contributed by atoms with van der Waals surface area (Å²) in [6.07, 6.45) is 1.81. The van der Waals surface area contributed by atoms with E-state index in [2.05, 4.69) is 49.8 Å². The molecule has 0 aliphatic rings. The van der Waals surface area contributed by atoms with E-state index in [0.717, 1.165) is 12.1 Å². The zero-order chi connectivity index (χ0) is 16.3. The summed E-state index contributed by atoms with van der Waals surface area (Å²) in [6, 6.07) is 1.91. The van der Waals surface area contributed by atoms with Gasteiger partial charge in [0, 0.05) is 23.8 Å². The minimum Gasteiger partial charge on any atom is -0.475 e. The van der Waals surface area contributed by atoms with Crippen molar-refractivity contribution in [2.24, 2.45) is 0 Å². The van der Waals surface area contributed by atoms with Crippen molar-refractivity contribution in [3.8, 4) is 5.88 Å². The number of pyridine rings is 1. The van der Waals surface area contributed by atoms with Crippen LogP contribution in [0, 0.1) is 0 Å². The van der Waals surface area contributed by atoms with Crippen molar-refractivity contribution < 1.29 is 4.74 Å². The lowest BCUT2D eigenvalue weighted by Gasteiger charge is -2.32. The highest BCUT2D eigenvalue weighted by Gasteiger charge is 2.22. The molecule has 1 aromatic rings. The second kappa shape index (κ2) is 6.95. The smallest absolute Gasteiger partial charge is 0.232 e. The van der Waals surface area contributed by atoms with Gasteiger partial charge in [-0.15, -0.1) is 0 Å². The summed E-state index contributed by atoms with van der Waals surface area (Å²) < 4.78 is 5.76. The third kappa shape index (κ3) is 6.20. The Kier molecular flexibility index (Phi) is 6.02.